The molecule has 0 unspecified atom stereocenters. The van der Waals surface area contributed by atoms with E-state index in [-0.39, 0.29) is 11.4 Å². The van der Waals surface area contributed by atoms with Gasteiger partial charge in [-0.1, -0.05) is 0 Å². The van der Waals surface area contributed by atoms with E-state index < -0.39 is 0 Å². The minimum atomic E-state index is -0.00984. The van der Waals surface area contributed by atoms with Gasteiger partial charge in [-0.2, -0.15) is 0 Å². The van der Waals surface area contributed by atoms with Crippen LogP contribution in [0.3, 0.4) is 0 Å². The van der Waals surface area contributed by atoms with Crippen LogP contribution in [-0.2, 0) is 9.53 Å². The Bertz CT molecular complexity index is 248. The summed E-state index contributed by atoms with van der Waals surface area (Å²) in [7, 11) is 1.53. The summed E-state index contributed by atoms with van der Waals surface area (Å²) in [4.78, 5) is 11.6. The summed E-state index contributed by atoms with van der Waals surface area (Å²) < 4.78 is 4.91. The minimum Gasteiger partial charge on any atom is -0.469 e. The van der Waals surface area contributed by atoms with Crippen LogP contribution in [0.15, 0.2) is 0 Å². The van der Waals surface area contributed by atoms with Crippen LogP contribution in [0, 0.1) is 23.2 Å². The molecule has 0 amide bonds. The molecule has 3 fully saturated rings. The Kier molecular flexibility index (Phi) is 1.07. The van der Waals surface area contributed by atoms with E-state index in [9.17, 15) is 4.79 Å². The van der Waals surface area contributed by atoms with Gasteiger partial charge in [0.1, 0.15) is 0 Å². The Balaban J connectivity index is 1.95. The molecule has 0 aromatic rings. The molecule has 3 rings (SSSR count). The molecule has 2 heteroatoms. The van der Waals surface area contributed by atoms with E-state index in [2.05, 4.69) is 0 Å². The second kappa shape index (κ2) is 1.86. The summed E-state index contributed by atoms with van der Waals surface area (Å²) in [5.74, 6) is 2.56. The number of rotatable bonds is 1. The fourth-order valence-corrected chi connectivity index (χ4v) is 3.73. The van der Waals surface area contributed by atoms with Crippen LogP contribution in [0.1, 0.15) is 25.7 Å². The van der Waals surface area contributed by atoms with E-state index in [1.807, 2.05) is 0 Å². The SMILES string of the molecule is COC(=O)[C@@]12CC[C@@H](C1)[C@H]1C[C@H]12. The van der Waals surface area contributed by atoms with Gasteiger partial charge in [-0.25, -0.2) is 0 Å². The molecule has 2 bridgehead atoms. The number of hydrogen-bond donors (Lipinski definition) is 0. The van der Waals surface area contributed by atoms with Crippen molar-refractivity contribution in [1.29, 1.82) is 0 Å². The lowest BCUT2D eigenvalue weighted by atomic mass is 9.82. The highest BCUT2D eigenvalue weighted by Gasteiger charge is 2.69. The highest BCUT2D eigenvalue weighted by molar-refractivity contribution is 5.79. The molecule has 66 valence electrons. The zero-order chi connectivity index (χ0) is 8.34. The first-order valence-corrected chi connectivity index (χ1v) is 4.86. The molecule has 2 nitrogen and oxygen atoms in total. The Morgan fingerprint density at radius 3 is 3.00 bits per heavy atom. The molecule has 0 aromatic carbocycles. The molecule has 4 atom stereocenters. The van der Waals surface area contributed by atoms with Crippen molar-refractivity contribution in [2.24, 2.45) is 23.2 Å². The van der Waals surface area contributed by atoms with E-state index in [0.29, 0.717) is 5.92 Å². The van der Waals surface area contributed by atoms with Crippen molar-refractivity contribution in [3.63, 3.8) is 0 Å². The van der Waals surface area contributed by atoms with Crippen molar-refractivity contribution < 1.29 is 9.53 Å². The third kappa shape index (κ3) is 0.572. The number of carbonyl (C=O) groups is 1. The fraction of sp³-hybridized carbons (Fsp3) is 0.900. The first-order valence-electron chi connectivity index (χ1n) is 4.86. The molecule has 12 heavy (non-hydrogen) atoms. The van der Waals surface area contributed by atoms with Gasteiger partial charge in [-0.3, -0.25) is 4.79 Å². The van der Waals surface area contributed by atoms with E-state index in [4.69, 9.17) is 4.74 Å². The van der Waals surface area contributed by atoms with Crippen molar-refractivity contribution in [2.75, 3.05) is 7.11 Å². The Morgan fingerprint density at radius 1 is 1.58 bits per heavy atom. The molecule has 3 saturated carbocycles. The normalized spacial score (nSPS) is 53.6. The Morgan fingerprint density at radius 2 is 2.42 bits per heavy atom. The van der Waals surface area contributed by atoms with Gasteiger partial charge in [-0.15, -0.1) is 0 Å². The van der Waals surface area contributed by atoms with Crippen LogP contribution in [0.25, 0.3) is 0 Å². The molecular formula is C10H14O2. The van der Waals surface area contributed by atoms with Gasteiger partial charge in [0.15, 0.2) is 0 Å². The summed E-state index contributed by atoms with van der Waals surface area (Å²) in [5.41, 5.74) is -0.00984. The average molecular weight is 166 g/mol. The summed E-state index contributed by atoms with van der Waals surface area (Å²) in [6.45, 7) is 0. The summed E-state index contributed by atoms with van der Waals surface area (Å²) in [5, 5.41) is 0. The number of ether oxygens (including phenoxy) is 1. The molecular weight excluding hydrogens is 152 g/mol. The second-order valence-corrected chi connectivity index (χ2v) is 4.66. The topological polar surface area (TPSA) is 26.3 Å². The lowest BCUT2D eigenvalue weighted by molar-refractivity contribution is -0.153. The second-order valence-electron chi connectivity index (χ2n) is 4.66. The van der Waals surface area contributed by atoms with Crippen molar-refractivity contribution in [1.82, 2.24) is 0 Å². The molecule has 3 aliphatic carbocycles. The quantitative estimate of drug-likeness (QED) is 0.553. The average Bonchev–Trinajstić information content (AvgIpc) is 2.74. The molecule has 0 N–H and O–H groups in total. The number of esters is 1. The van der Waals surface area contributed by atoms with E-state index in [1.165, 1.54) is 20.0 Å². The van der Waals surface area contributed by atoms with Gasteiger partial charge in [0.25, 0.3) is 0 Å². The molecule has 0 aliphatic heterocycles. The maximum absolute atomic E-state index is 11.6. The lowest BCUT2D eigenvalue weighted by Gasteiger charge is -2.23. The van der Waals surface area contributed by atoms with Crippen LogP contribution < -0.4 is 0 Å². The largest absolute Gasteiger partial charge is 0.469 e. The summed E-state index contributed by atoms with van der Waals surface area (Å²) >= 11 is 0. The van der Waals surface area contributed by atoms with Gasteiger partial charge < -0.3 is 4.74 Å². The van der Waals surface area contributed by atoms with Crippen LogP contribution in [-0.4, -0.2) is 13.1 Å². The number of methoxy groups -OCH3 is 1. The maximum atomic E-state index is 11.6. The van der Waals surface area contributed by atoms with Crippen molar-refractivity contribution in [3.8, 4) is 0 Å². The third-order valence-corrected chi connectivity index (χ3v) is 4.33. The van der Waals surface area contributed by atoms with Gasteiger partial charge in [0, 0.05) is 0 Å². The van der Waals surface area contributed by atoms with Crippen LogP contribution in [0.2, 0.25) is 0 Å². The highest BCUT2D eigenvalue weighted by Crippen LogP contribution is 2.72. The van der Waals surface area contributed by atoms with Gasteiger partial charge >= 0.3 is 5.97 Å². The third-order valence-electron chi connectivity index (χ3n) is 4.33. The lowest BCUT2D eigenvalue weighted by Crippen LogP contribution is -2.30. The zero-order valence-electron chi connectivity index (χ0n) is 7.38. The van der Waals surface area contributed by atoms with Crippen molar-refractivity contribution in [2.45, 2.75) is 25.7 Å². The Labute approximate surface area is 72.3 Å². The number of carbonyl (C=O) groups excluding carboxylic acids is 1. The molecule has 0 radical (unpaired) electrons. The van der Waals surface area contributed by atoms with E-state index in [1.54, 1.807) is 0 Å². The molecule has 0 aromatic heterocycles. The number of fused-ring (bicyclic) bond motifs is 5. The molecule has 3 aliphatic rings. The highest BCUT2D eigenvalue weighted by atomic mass is 16.5. The van der Waals surface area contributed by atoms with Crippen LogP contribution >= 0.6 is 0 Å². The van der Waals surface area contributed by atoms with Gasteiger partial charge in [0.2, 0.25) is 0 Å². The molecule has 0 spiro atoms. The van der Waals surface area contributed by atoms with Crippen molar-refractivity contribution >= 4 is 5.97 Å². The van der Waals surface area contributed by atoms with Crippen LogP contribution in [0.4, 0.5) is 0 Å². The Hall–Kier alpha value is -0.530. The van der Waals surface area contributed by atoms with Crippen molar-refractivity contribution in [3.05, 3.63) is 0 Å². The zero-order valence-corrected chi connectivity index (χ0v) is 7.38. The first-order chi connectivity index (χ1) is 5.78. The van der Waals surface area contributed by atoms with Gasteiger partial charge in [-0.05, 0) is 43.4 Å². The fourth-order valence-electron chi connectivity index (χ4n) is 3.73. The standard InChI is InChI=1S/C10H14O2/c1-12-9(11)10-3-2-6(5-10)7-4-8(7)10/h6-8H,2-5H2,1H3/t6-,7+,8+,10-/m0/s1. The molecule has 0 heterocycles. The van der Waals surface area contributed by atoms with E-state index in [0.717, 1.165) is 24.7 Å². The molecule has 0 saturated heterocycles. The first kappa shape index (κ1) is 6.93. The van der Waals surface area contributed by atoms with E-state index >= 15 is 0 Å². The smallest absolute Gasteiger partial charge is 0.312 e. The predicted octanol–water partition coefficient (Wildman–Crippen LogP) is 1.60. The van der Waals surface area contributed by atoms with Crippen LogP contribution in [0.5, 0.6) is 0 Å². The number of hydrogen-bond acceptors (Lipinski definition) is 2. The maximum Gasteiger partial charge on any atom is 0.312 e. The summed E-state index contributed by atoms with van der Waals surface area (Å²) in [6.07, 6.45) is 4.82. The monoisotopic (exact) mass is 166 g/mol. The predicted molar refractivity (Wildman–Crippen MR) is 43.4 cm³/mol. The minimum absolute atomic E-state index is 0.00984. The van der Waals surface area contributed by atoms with Gasteiger partial charge in [0.05, 0.1) is 12.5 Å². The summed E-state index contributed by atoms with van der Waals surface area (Å²) in [6, 6.07) is 0.